The van der Waals surface area contributed by atoms with Crippen LogP contribution in [0.3, 0.4) is 0 Å². The van der Waals surface area contributed by atoms with Crippen molar-refractivity contribution in [2.45, 2.75) is 77.1 Å². The number of Topliss-reactive ketones (excluding diaryl/α,β-unsaturated/α-hetero) is 1. The molecule has 1 aromatic carbocycles. The number of hydrogen-bond donors (Lipinski definition) is 0. The fourth-order valence-electron chi connectivity index (χ4n) is 5.59. The Hall–Kier alpha value is -1.39. The summed E-state index contributed by atoms with van der Waals surface area (Å²) >= 11 is 0. The second-order valence-corrected chi connectivity index (χ2v) is 14.7. The standard InChI is InChI=1S/C23H36O3Si/c1-15(2)27(16(3)4,17(5)6)22-20(24)14-23(7,26-9)21(22)18-10-12-19(25-8)13-11-18/h10-13,15-17H,14H2,1-9H3/t23-/m0/s1. The van der Waals surface area contributed by atoms with Crippen LogP contribution >= 0.6 is 0 Å². The van der Waals surface area contributed by atoms with E-state index in [0.717, 1.165) is 22.1 Å². The average Bonchev–Trinajstić information content (AvgIpc) is 2.86. The first-order valence-electron chi connectivity index (χ1n) is 10.0. The smallest absolute Gasteiger partial charge is 0.158 e. The van der Waals surface area contributed by atoms with Crippen molar-refractivity contribution in [3.05, 3.63) is 35.0 Å². The summed E-state index contributed by atoms with van der Waals surface area (Å²) < 4.78 is 11.3. The minimum Gasteiger partial charge on any atom is -0.497 e. The van der Waals surface area contributed by atoms with Crippen molar-refractivity contribution in [3.8, 4) is 5.75 Å². The Morgan fingerprint density at radius 1 is 0.926 bits per heavy atom. The monoisotopic (exact) mass is 388 g/mol. The number of ether oxygens (including phenoxy) is 2. The third kappa shape index (κ3) is 3.42. The van der Waals surface area contributed by atoms with E-state index in [1.165, 1.54) is 0 Å². The molecule has 3 nitrogen and oxygen atoms in total. The molecule has 0 saturated carbocycles. The Morgan fingerprint density at radius 3 is 1.78 bits per heavy atom. The predicted molar refractivity (Wildman–Crippen MR) is 116 cm³/mol. The molecule has 2 rings (SSSR count). The Labute approximate surface area is 166 Å². The molecule has 0 aromatic heterocycles. The quantitative estimate of drug-likeness (QED) is 0.534. The Bertz CT molecular complexity index is 694. The molecule has 0 amide bonds. The lowest BCUT2D eigenvalue weighted by Gasteiger charge is -2.45. The van der Waals surface area contributed by atoms with Gasteiger partial charge in [-0.1, -0.05) is 53.7 Å². The topological polar surface area (TPSA) is 35.5 Å². The van der Waals surface area contributed by atoms with Crippen molar-refractivity contribution in [2.24, 2.45) is 0 Å². The first-order valence-corrected chi connectivity index (χ1v) is 12.3. The van der Waals surface area contributed by atoms with Crippen LogP contribution in [0.15, 0.2) is 29.5 Å². The molecule has 1 aliphatic carbocycles. The Balaban J connectivity index is 2.89. The van der Waals surface area contributed by atoms with Crippen molar-refractivity contribution in [1.82, 2.24) is 0 Å². The summed E-state index contributed by atoms with van der Waals surface area (Å²) in [6.45, 7) is 15.9. The van der Waals surface area contributed by atoms with Crippen molar-refractivity contribution < 1.29 is 14.3 Å². The zero-order valence-corrected chi connectivity index (χ0v) is 19.5. The number of ketones is 1. The molecule has 0 N–H and O–H groups in total. The van der Waals surface area contributed by atoms with Gasteiger partial charge >= 0.3 is 0 Å². The lowest BCUT2D eigenvalue weighted by Crippen LogP contribution is -2.48. The Kier molecular flexibility index (Phi) is 6.43. The molecule has 0 radical (unpaired) electrons. The number of carbonyl (C=O) groups is 1. The summed E-state index contributed by atoms with van der Waals surface area (Å²) in [7, 11) is 1.29. The number of benzene rings is 1. The second-order valence-electron chi connectivity index (χ2n) is 8.91. The van der Waals surface area contributed by atoms with Gasteiger partial charge in [0.15, 0.2) is 5.78 Å². The third-order valence-electron chi connectivity index (χ3n) is 6.68. The van der Waals surface area contributed by atoms with Gasteiger partial charge in [0.25, 0.3) is 0 Å². The molecule has 0 aliphatic heterocycles. The highest BCUT2D eigenvalue weighted by molar-refractivity contribution is 6.94. The van der Waals surface area contributed by atoms with Crippen LogP contribution in [0, 0.1) is 0 Å². The van der Waals surface area contributed by atoms with Crippen molar-refractivity contribution in [3.63, 3.8) is 0 Å². The maximum Gasteiger partial charge on any atom is 0.158 e. The molecule has 1 aromatic rings. The van der Waals surface area contributed by atoms with Gasteiger partial charge in [0, 0.05) is 13.5 Å². The highest BCUT2D eigenvalue weighted by Gasteiger charge is 2.55. The molecule has 0 fully saturated rings. The van der Waals surface area contributed by atoms with Gasteiger partial charge in [0.1, 0.15) is 5.75 Å². The molecule has 0 saturated heterocycles. The summed E-state index contributed by atoms with van der Waals surface area (Å²) in [6, 6.07) is 8.10. The average molecular weight is 389 g/mol. The summed E-state index contributed by atoms with van der Waals surface area (Å²) in [5.41, 5.74) is 3.05. The van der Waals surface area contributed by atoms with Crippen LogP contribution < -0.4 is 4.74 Å². The first-order chi connectivity index (χ1) is 12.6. The van der Waals surface area contributed by atoms with Gasteiger partial charge in [-0.25, -0.2) is 0 Å². The number of allylic oxidation sites excluding steroid dienone is 1. The molecule has 150 valence electrons. The molecule has 4 heteroatoms. The van der Waals surface area contributed by atoms with E-state index in [9.17, 15) is 4.79 Å². The predicted octanol–water partition coefficient (Wildman–Crippen LogP) is 6.04. The van der Waals surface area contributed by atoms with Gasteiger partial charge in [-0.3, -0.25) is 4.79 Å². The molecule has 1 aliphatic rings. The van der Waals surface area contributed by atoms with Crippen LogP contribution in [-0.2, 0) is 9.53 Å². The SMILES string of the molecule is COc1ccc(C2=C([Si](C(C)C)(C(C)C)C(C)C)C(=O)C[C@]2(C)OC)cc1. The van der Waals surface area contributed by atoms with Crippen LogP contribution in [0.5, 0.6) is 5.75 Å². The van der Waals surface area contributed by atoms with Gasteiger partial charge < -0.3 is 9.47 Å². The van der Waals surface area contributed by atoms with E-state index in [1.807, 2.05) is 12.1 Å². The third-order valence-corrected chi connectivity index (χ3v) is 13.8. The number of hydrogen-bond acceptors (Lipinski definition) is 3. The normalized spacial score (nSPS) is 21.1. The van der Waals surface area contributed by atoms with Gasteiger partial charge in [0.05, 0.1) is 20.8 Å². The minimum absolute atomic E-state index is 0.285. The molecule has 0 bridgehead atoms. The highest BCUT2D eigenvalue weighted by Crippen LogP contribution is 2.54. The summed E-state index contributed by atoms with van der Waals surface area (Å²) in [5.74, 6) is 1.11. The van der Waals surface area contributed by atoms with E-state index in [1.54, 1.807) is 14.2 Å². The number of carbonyl (C=O) groups excluding carboxylic acids is 1. The van der Waals surface area contributed by atoms with Gasteiger partial charge in [0.2, 0.25) is 0 Å². The maximum absolute atomic E-state index is 13.5. The van der Waals surface area contributed by atoms with Crippen LogP contribution in [0.4, 0.5) is 0 Å². The summed E-state index contributed by atoms with van der Waals surface area (Å²) in [4.78, 5) is 13.5. The van der Waals surface area contributed by atoms with E-state index < -0.39 is 13.7 Å². The maximum atomic E-state index is 13.5. The zero-order chi connectivity index (χ0) is 20.6. The van der Waals surface area contributed by atoms with Crippen molar-refractivity contribution >= 4 is 19.4 Å². The minimum atomic E-state index is -2.11. The fourth-order valence-corrected chi connectivity index (χ4v) is 12.7. The molecule has 1 atom stereocenters. The fraction of sp³-hybridized carbons (Fsp3) is 0.609. The van der Waals surface area contributed by atoms with Crippen LogP contribution in [0.1, 0.15) is 60.5 Å². The van der Waals surface area contributed by atoms with E-state index in [-0.39, 0.29) is 5.78 Å². The van der Waals surface area contributed by atoms with Gasteiger partial charge in [-0.2, -0.15) is 0 Å². The molecule has 0 unspecified atom stereocenters. The lowest BCUT2D eigenvalue weighted by molar-refractivity contribution is -0.117. The molecule has 0 heterocycles. The van der Waals surface area contributed by atoms with Crippen LogP contribution in [0.25, 0.3) is 5.57 Å². The lowest BCUT2D eigenvalue weighted by atomic mass is 9.92. The van der Waals surface area contributed by atoms with E-state index in [4.69, 9.17) is 9.47 Å². The van der Waals surface area contributed by atoms with Gasteiger partial charge in [-0.15, -0.1) is 0 Å². The molecular formula is C23H36O3Si. The largest absolute Gasteiger partial charge is 0.497 e. The van der Waals surface area contributed by atoms with E-state index >= 15 is 0 Å². The van der Waals surface area contributed by atoms with Crippen LogP contribution in [0.2, 0.25) is 16.6 Å². The molecule has 0 spiro atoms. The number of methoxy groups -OCH3 is 2. The van der Waals surface area contributed by atoms with E-state index in [2.05, 4.69) is 60.6 Å². The molecule has 27 heavy (non-hydrogen) atoms. The van der Waals surface area contributed by atoms with Crippen LogP contribution in [-0.4, -0.2) is 33.7 Å². The first kappa shape index (κ1) is 21.9. The molecular weight excluding hydrogens is 352 g/mol. The summed E-state index contributed by atoms with van der Waals surface area (Å²) in [5, 5.41) is 1.11. The Morgan fingerprint density at radius 2 is 1.41 bits per heavy atom. The van der Waals surface area contributed by atoms with Gasteiger partial charge in [-0.05, 0) is 52.0 Å². The second kappa shape index (κ2) is 7.92. The van der Waals surface area contributed by atoms with Crippen molar-refractivity contribution in [1.29, 1.82) is 0 Å². The number of rotatable bonds is 7. The van der Waals surface area contributed by atoms with E-state index in [0.29, 0.717) is 23.0 Å². The highest BCUT2D eigenvalue weighted by atomic mass is 28.3. The van der Waals surface area contributed by atoms with Crippen molar-refractivity contribution in [2.75, 3.05) is 14.2 Å². The summed E-state index contributed by atoms with van der Waals surface area (Å²) in [6.07, 6.45) is 0.432. The zero-order valence-electron chi connectivity index (χ0n) is 18.5.